The molecule has 0 N–H and O–H groups in total. The number of benzene rings is 2. The molecule has 0 aliphatic heterocycles. The Morgan fingerprint density at radius 1 is 0.947 bits per heavy atom. The summed E-state index contributed by atoms with van der Waals surface area (Å²) in [4.78, 5) is 13.3. The van der Waals surface area contributed by atoms with Crippen LogP contribution in [0.4, 0.5) is 0 Å². The molecule has 2 rings (SSSR count). The molecule has 0 aliphatic carbocycles. The monoisotopic (exact) mass is 313 g/mol. The predicted molar refractivity (Wildman–Crippen MR) is 79.1 cm³/mol. The van der Waals surface area contributed by atoms with E-state index >= 15 is 0 Å². The molecule has 1 radical (unpaired) electrons. The van der Waals surface area contributed by atoms with E-state index in [1.54, 1.807) is 6.08 Å². The average molecular weight is 312 g/mol. The summed E-state index contributed by atoms with van der Waals surface area (Å²) < 4.78 is 7.30. The minimum atomic E-state index is -1.81. The molecule has 0 aliphatic rings. The molecular formula is C16H15GeO2. The number of hydrogen-bond acceptors (Lipinski definition) is 2. The quantitative estimate of drug-likeness (QED) is 0.487. The second-order valence-corrected chi connectivity index (χ2v) is 8.86. The van der Waals surface area contributed by atoms with Gasteiger partial charge in [-0.25, -0.2) is 0 Å². The van der Waals surface area contributed by atoms with Crippen LogP contribution >= 0.6 is 0 Å². The second-order valence-electron chi connectivity index (χ2n) is 4.00. The van der Waals surface area contributed by atoms with Crippen molar-refractivity contribution in [3.63, 3.8) is 0 Å². The Bertz CT molecular complexity index is 510. The first-order valence-electron chi connectivity index (χ1n) is 6.05. The number of carbonyl (C=O) groups excluding carboxylic acids is 1. The van der Waals surface area contributed by atoms with E-state index in [1.807, 2.05) is 41.3 Å². The van der Waals surface area contributed by atoms with E-state index in [0.717, 1.165) is 0 Å². The molecular weight excluding hydrogens is 297 g/mol. The van der Waals surface area contributed by atoms with Crippen molar-refractivity contribution >= 4 is 29.1 Å². The standard InChI is InChI=1S/C16H15GeO2/c1-19-16(18)12-13-17(14-8-4-2-5-9-14)15-10-6-3-7-11-15/h2-13H,1H3/b13-12+. The van der Waals surface area contributed by atoms with Crippen molar-refractivity contribution < 1.29 is 9.53 Å². The van der Waals surface area contributed by atoms with Gasteiger partial charge < -0.3 is 0 Å². The summed E-state index contributed by atoms with van der Waals surface area (Å²) in [5, 5.41) is 0. The molecule has 0 atom stereocenters. The van der Waals surface area contributed by atoms with Gasteiger partial charge in [0.25, 0.3) is 0 Å². The van der Waals surface area contributed by atoms with Crippen LogP contribution in [0.2, 0.25) is 0 Å². The zero-order valence-electron chi connectivity index (χ0n) is 10.7. The first-order valence-corrected chi connectivity index (χ1v) is 9.36. The third-order valence-corrected chi connectivity index (χ3v) is 7.81. The zero-order chi connectivity index (χ0) is 13.5. The normalized spacial score (nSPS) is 10.8. The summed E-state index contributed by atoms with van der Waals surface area (Å²) in [5.41, 5.74) is 0. The number of carbonyl (C=O) groups is 1. The van der Waals surface area contributed by atoms with Gasteiger partial charge in [-0.2, -0.15) is 0 Å². The van der Waals surface area contributed by atoms with Crippen LogP contribution in [-0.2, 0) is 9.53 Å². The maximum atomic E-state index is 11.3. The van der Waals surface area contributed by atoms with Crippen LogP contribution in [0.15, 0.2) is 71.6 Å². The van der Waals surface area contributed by atoms with E-state index in [9.17, 15) is 4.79 Å². The fraction of sp³-hybridized carbons (Fsp3) is 0.0625. The Morgan fingerprint density at radius 3 is 1.84 bits per heavy atom. The van der Waals surface area contributed by atoms with E-state index in [4.69, 9.17) is 0 Å². The van der Waals surface area contributed by atoms with E-state index in [1.165, 1.54) is 15.9 Å². The van der Waals surface area contributed by atoms with Gasteiger partial charge >= 0.3 is 117 Å². The molecule has 0 unspecified atom stereocenters. The van der Waals surface area contributed by atoms with Gasteiger partial charge in [0, 0.05) is 0 Å². The Balaban J connectivity index is 2.34. The fourth-order valence-corrected chi connectivity index (χ4v) is 6.27. The molecule has 0 fully saturated rings. The van der Waals surface area contributed by atoms with Gasteiger partial charge in [0.2, 0.25) is 0 Å². The van der Waals surface area contributed by atoms with Crippen molar-refractivity contribution in [1.82, 2.24) is 0 Å². The molecule has 0 spiro atoms. The van der Waals surface area contributed by atoms with E-state index in [2.05, 4.69) is 29.0 Å². The van der Waals surface area contributed by atoms with E-state index < -0.39 is 14.3 Å². The first kappa shape index (κ1) is 13.6. The van der Waals surface area contributed by atoms with Gasteiger partial charge in [-0.15, -0.1) is 0 Å². The van der Waals surface area contributed by atoms with Gasteiger partial charge in [-0.05, 0) is 0 Å². The number of hydrogen-bond donors (Lipinski definition) is 0. The van der Waals surface area contributed by atoms with E-state index in [0.29, 0.717) is 0 Å². The van der Waals surface area contributed by atoms with Crippen molar-refractivity contribution in [3.8, 4) is 0 Å². The van der Waals surface area contributed by atoms with Crippen LogP contribution in [0.1, 0.15) is 0 Å². The van der Waals surface area contributed by atoms with Gasteiger partial charge in [0.15, 0.2) is 0 Å². The summed E-state index contributed by atoms with van der Waals surface area (Å²) in [6.45, 7) is 0. The summed E-state index contributed by atoms with van der Waals surface area (Å²) in [7, 11) is 1.40. The van der Waals surface area contributed by atoms with Gasteiger partial charge in [0.05, 0.1) is 0 Å². The summed E-state index contributed by atoms with van der Waals surface area (Å²) in [5.74, 6) is -0.295. The van der Waals surface area contributed by atoms with Gasteiger partial charge in [-0.3, -0.25) is 0 Å². The molecule has 2 aromatic carbocycles. The molecule has 0 bridgehead atoms. The summed E-state index contributed by atoms with van der Waals surface area (Å²) >= 11 is -1.81. The third kappa shape index (κ3) is 3.83. The molecule has 3 heteroatoms. The number of esters is 1. The van der Waals surface area contributed by atoms with Crippen molar-refractivity contribution in [2.24, 2.45) is 0 Å². The second kappa shape index (κ2) is 6.95. The molecule has 0 aromatic heterocycles. The van der Waals surface area contributed by atoms with Crippen LogP contribution < -0.4 is 8.79 Å². The van der Waals surface area contributed by atoms with Gasteiger partial charge in [-0.1, -0.05) is 0 Å². The van der Waals surface area contributed by atoms with Crippen molar-refractivity contribution in [1.29, 1.82) is 0 Å². The molecule has 0 amide bonds. The number of methoxy groups -OCH3 is 1. The maximum absolute atomic E-state index is 11.3. The topological polar surface area (TPSA) is 26.3 Å². The van der Waals surface area contributed by atoms with Crippen LogP contribution in [0.25, 0.3) is 0 Å². The molecule has 0 saturated heterocycles. The van der Waals surface area contributed by atoms with Gasteiger partial charge in [0.1, 0.15) is 0 Å². The molecule has 19 heavy (non-hydrogen) atoms. The average Bonchev–Trinajstić information content (AvgIpc) is 2.49. The molecule has 2 nitrogen and oxygen atoms in total. The molecule has 2 aromatic rings. The predicted octanol–water partition coefficient (Wildman–Crippen LogP) is 1.56. The van der Waals surface area contributed by atoms with Crippen LogP contribution in [0.5, 0.6) is 0 Å². The summed E-state index contributed by atoms with van der Waals surface area (Å²) in [6, 6.07) is 20.7. The van der Waals surface area contributed by atoms with Crippen LogP contribution in [0.3, 0.4) is 0 Å². The number of rotatable bonds is 4. The van der Waals surface area contributed by atoms with Crippen molar-refractivity contribution in [3.05, 3.63) is 71.6 Å². The Kier molecular flexibility index (Phi) is 4.98. The molecule has 95 valence electrons. The minimum absolute atomic E-state index is 0.295. The fourth-order valence-electron chi connectivity index (χ4n) is 1.81. The third-order valence-electron chi connectivity index (χ3n) is 2.76. The van der Waals surface area contributed by atoms with Crippen LogP contribution in [0, 0.1) is 0 Å². The molecule has 0 saturated carbocycles. The van der Waals surface area contributed by atoms with Crippen molar-refractivity contribution in [2.75, 3.05) is 7.11 Å². The Labute approximate surface area is 117 Å². The Morgan fingerprint density at radius 2 is 1.42 bits per heavy atom. The zero-order valence-corrected chi connectivity index (χ0v) is 12.8. The Hall–Kier alpha value is -1.81. The SMILES string of the molecule is COC(=O)/C=[CH]/[Ge]([c]1ccccc1)[c]1ccccc1. The summed E-state index contributed by atoms with van der Waals surface area (Å²) in [6.07, 6.45) is 1.55. The molecule has 0 heterocycles. The van der Waals surface area contributed by atoms with Crippen LogP contribution in [-0.4, -0.2) is 27.4 Å². The van der Waals surface area contributed by atoms with Crippen molar-refractivity contribution in [2.45, 2.75) is 0 Å². The first-order chi connectivity index (χ1) is 9.31. The number of ether oxygens (including phenoxy) is 1. The van der Waals surface area contributed by atoms with E-state index in [-0.39, 0.29) is 5.97 Å².